The number of likely N-dealkylation sites (N-methyl/N-ethyl adjacent to an activating group) is 1. The Morgan fingerprint density at radius 1 is 1.35 bits per heavy atom. The lowest BCUT2D eigenvalue weighted by molar-refractivity contribution is -0.0509. The van der Waals surface area contributed by atoms with Crippen molar-refractivity contribution in [3.05, 3.63) is 51.7 Å². The molecule has 0 bridgehead atoms. The van der Waals surface area contributed by atoms with Gasteiger partial charge < -0.3 is 10.5 Å². The van der Waals surface area contributed by atoms with Crippen LogP contribution in [0.3, 0.4) is 0 Å². The average molecular weight is 341 g/mol. The highest BCUT2D eigenvalue weighted by Gasteiger charge is 2.32. The number of halogens is 3. The molecule has 1 aromatic rings. The quantitative estimate of drug-likeness (QED) is 0.894. The lowest BCUT2D eigenvalue weighted by Crippen LogP contribution is -2.26. The highest BCUT2D eigenvalue weighted by molar-refractivity contribution is 6.30. The number of alkyl halides is 2. The fourth-order valence-corrected chi connectivity index (χ4v) is 3.65. The molecule has 0 amide bonds. The SMILES string of the molecule is CN1CC=C(N)C2=C(CCC2)C1c1ccc(Cl)cc1OC(F)F. The van der Waals surface area contributed by atoms with Crippen molar-refractivity contribution >= 4 is 11.6 Å². The average Bonchev–Trinajstić information content (AvgIpc) is 2.92. The molecule has 1 atom stereocenters. The smallest absolute Gasteiger partial charge is 0.387 e. The molecule has 1 aliphatic carbocycles. The molecule has 0 radical (unpaired) electrons. The maximum atomic E-state index is 12.8. The van der Waals surface area contributed by atoms with Gasteiger partial charge in [0.15, 0.2) is 0 Å². The van der Waals surface area contributed by atoms with Crippen LogP contribution >= 0.6 is 11.6 Å². The molecule has 2 N–H and O–H groups in total. The topological polar surface area (TPSA) is 38.5 Å². The van der Waals surface area contributed by atoms with E-state index in [1.807, 2.05) is 13.1 Å². The highest BCUT2D eigenvalue weighted by Crippen LogP contribution is 2.45. The van der Waals surface area contributed by atoms with Crippen LogP contribution in [-0.2, 0) is 0 Å². The van der Waals surface area contributed by atoms with Gasteiger partial charge in [0.2, 0.25) is 0 Å². The summed E-state index contributed by atoms with van der Waals surface area (Å²) in [6.07, 6.45) is 4.86. The van der Waals surface area contributed by atoms with Gasteiger partial charge in [-0.3, -0.25) is 4.90 Å². The first kappa shape index (κ1) is 16.3. The van der Waals surface area contributed by atoms with E-state index in [4.69, 9.17) is 22.1 Å². The van der Waals surface area contributed by atoms with Crippen molar-refractivity contribution in [2.75, 3.05) is 13.6 Å². The van der Waals surface area contributed by atoms with Gasteiger partial charge in [-0.25, -0.2) is 0 Å². The molecule has 1 unspecified atom stereocenters. The standard InChI is InChI=1S/C17H19ClF2N2O/c1-22-8-7-14(21)11-3-2-4-12(11)16(22)13-6-5-10(18)9-15(13)23-17(19)20/h5-7,9,16-17H,2-4,8,21H2,1H3. The fourth-order valence-electron chi connectivity index (χ4n) is 3.49. The Hall–Kier alpha value is -1.59. The Morgan fingerprint density at radius 3 is 2.87 bits per heavy atom. The number of nitrogens with zero attached hydrogens (tertiary/aromatic N) is 1. The van der Waals surface area contributed by atoms with Crippen molar-refractivity contribution in [2.24, 2.45) is 5.73 Å². The molecule has 23 heavy (non-hydrogen) atoms. The number of hydrogen-bond acceptors (Lipinski definition) is 3. The Balaban J connectivity index is 2.09. The van der Waals surface area contributed by atoms with Crippen LogP contribution in [0, 0.1) is 0 Å². The van der Waals surface area contributed by atoms with Crippen LogP contribution in [0.2, 0.25) is 5.02 Å². The molecule has 6 heteroatoms. The second-order valence-electron chi connectivity index (χ2n) is 5.92. The maximum absolute atomic E-state index is 12.8. The summed E-state index contributed by atoms with van der Waals surface area (Å²) in [7, 11) is 1.96. The minimum Gasteiger partial charge on any atom is -0.434 e. The van der Waals surface area contributed by atoms with Gasteiger partial charge in [0, 0.05) is 22.8 Å². The van der Waals surface area contributed by atoms with Crippen LogP contribution in [0.25, 0.3) is 0 Å². The Kier molecular flexibility index (Phi) is 4.60. The van der Waals surface area contributed by atoms with E-state index in [9.17, 15) is 8.78 Å². The van der Waals surface area contributed by atoms with Gasteiger partial charge >= 0.3 is 6.61 Å². The van der Waals surface area contributed by atoms with Gasteiger partial charge in [-0.05, 0) is 55.7 Å². The minimum absolute atomic E-state index is 0.128. The zero-order chi connectivity index (χ0) is 16.6. The lowest BCUT2D eigenvalue weighted by Gasteiger charge is -2.30. The predicted molar refractivity (Wildman–Crippen MR) is 86.6 cm³/mol. The molecular formula is C17H19ClF2N2O. The van der Waals surface area contributed by atoms with E-state index in [1.54, 1.807) is 12.1 Å². The predicted octanol–water partition coefficient (Wildman–Crippen LogP) is 4.25. The van der Waals surface area contributed by atoms with Crippen molar-refractivity contribution in [3.8, 4) is 5.75 Å². The third-order valence-electron chi connectivity index (χ3n) is 4.47. The third kappa shape index (κ3) is 3.21. The van der Waals surface area contributed by atoms with Crippen LogP contribution in [-0.4, -0.2) is 25.1 Å². The van der Waals surface area contributed by atoms with E-state index in [-0.39, 0.29) is 11.8 Å². The number of ether oxygens (including phenoxy) is 1. The molecule has 0 saturated heterocycles. The molecule has 2 aliphatic rings. The first-order valence-corrected chi connectivity index (χ1v) is 7.97. The minimum atomic E-state index is -2.89. The van der Waals surface area contributed by atoms with Crippen molar-refractivity contribution in [1.29, 1.82) is 0 Å². The second kappa shape index (κ2) is 6.49. The third-order valence-corrected chi connectivity index (χ3v) is 4.70. The summed E-state index contributed by atoms with van der Waals surface area (Å²) in [6.45, 7) is -2.23. The van der Waals surface area contributed by atoms with E-state index < -0.39 is 6.61 Å². The van der Waals surface area contributed by atoms with Gasteiger partial charge in [-0.15, -0.1) is 0 Å². The number of nitrogens with two attached hydrogens (primary N) is 1. The Morgan fingerprint density at radius 2 is 2.13 bits per heavy atom. The van der Waals surface area contributed by atoms with Crippen LogP contribution in [0.5, 0.6) is 5.75 Å². The molecule has 0 aromatic heterocycles. The molecule has 3 rings (SSSR count). The zero-order valence-corrected chi connectivity index (χ0v) is 13.6. The van der Waals surface area contributed by atoms with Crippen LogP contribution < -0.4 is 10.5 Å². The molecular weight excluding hydrogens is 322 g/mol. The summed E-state index contributed by atoms with van der Waals surface area (Å²) in [6, 6.07) is 4.80. The molecule has 124 valence electrons. The monoisotopic (exact) mass is 340 g/mol. The first-order chi connectivity index (χ1) is 11.0. The first-order valence-electron chi connectivity index (χ1n) is 7.59. The molecule has 1 heterocycles. The fraction of sp³-hybridized carbons (Fsp3) is 0.412. The van der Waals surface area contributed by atoms with Crippen LogP contribution in [0.4, 0.5) is 8.78 Å². The van der Waals surface area contributed by atoms with E-state index in [2.05, 4.69) is 4.90 Å². The van der Waals surface area contributed by atoms with E-state index in [1.165, 1.54) is 11.6 Å². The normalized spacial score (nSPS) is 22.1. The highest BCUT2D eigenvalue weighted by atomic mass is 35.5. The summed E-state index contributed by atoms with van der Waals surface area (Å²) in [5, 5.41) is 0.374. The van der Waals surface area contributed by atoms with E-state index in [0.717, 1.165) is 30.5 Å². The van der Waals surface area contributed by atoms with Gasteiger partial charge in [-0.1, -0.05) is 17.7 Å². The number of rotatable bonds is 3. The number of allylic oxidation sites excluding steroid dienone is 1. The largest absolute Gasteiger partial charge is 0.434 e. The van der Waals surface area contributed by atoms with Crippen molar-refractivity contribution in [1.82, 2.24) is 4.90 Å². The van der Waals surface area contributed by atoms with Crippen LogP contribution in [0.1, 0.15) is 30.9 Å². The molecule has 1 aromatic carbocycles. The van der Waals surface area contributed by atoms with Crippen LogP contribution in [0.15, 0.2) is 41.1 Å². The van der Waals surface area contributed by atoms with Gasteiger partial charge in [0.1, 0.15) is 5.75 Å². The molecule has 0 saturated carbocycles. The molecule has 1 aliphatic heterocycles. The molecule has 3 nitrogen and oxygen atoms in total. The van der Waals surface area contributed by atoms with Crippen molar-refractivity contribution in [3.63, 3.8) is 0 Å². The Labute approximate surface area is 139 Å². The number of hydrogen-bond donors (Lipinski definition) is 1. The van der Waals surface area contributed by atoms with E-state index >= 15 is 0 Å². The van der Waals surface area contributed by atoms with Gasteiger partial charge in [-0.2, -0.15) is 8.78 Å². The summed E-state index contributed by atoms with van der Waals surface area (Å²) >= 11 is 5.96. The summed E-state index contributed by atoms with van der Waals surface area (Å²) < 4.78 is 30.3. The summed E-state index contributed by atoms with van der Waals surface area (Å²) in [5.41, 5.74) is 10.0. The van der Waals surface area contributed by atoms with E-state index in [0.29, 0.717) is 17.1 Å². The summed E-state index contributed by atoms with van der Waals surface area (Å²) in [4.78, 5) is 2.10. The number of benzene rings is 1. The molecule has 0 fully saturated rings. The second-order valence-corrected chi connectivity index (χ2v) is 6.36. The van der Waals surface area contributed by atoms with Crippen molar-refractivity contribution in [2.45, 2.75) is 31.9 Å². The lowest BCUT2D eigenvalue weighted by atomic mass is 9.94. The zero-order valence-electron chi connectivity index (χ0n) is 12.9. The molecule has 0 spiro atoms. The van der Waals surface area contributed by atoms with Crippen molar-refractivity contribution < 1.29 is 13.5 Å². The van der Waals surface area contributed by atoms with Gasteiger partial charge in [0.05, 0.1) is 6.04 Å². The maximum Gasteiger partial charge on any atom is 0.387 e. The Bertz CT molecular complexity index is 673. The summed E-state index contributed by atoms with van der Waals surface area (Å²) in [5.74, 6) is 0.128. The van der Waals surface area contributed by atoms with Gasteiger partial charge in [0.25, 0.3) is 0 Å².